The van der Waals surface area contributed by atoms with E-state index in [4.69, 9.17) is 0 Å². The fraction of sp³-hybridized carbons (Fsp3) is 0.235. The molecule has 0 fully saturated rings. The van der Waals surface area contributed by atoms with Crippen LogP contribution >= 0.6 is 0 Å². The molecular formula is C17H20N2O3S. The fourth-order valence-corrected chi connectivity index (χ4v) is 2.81. The Morgan fingerprint density at radius 1 is 1.09 bits per heavy atom. The van der Waals surface area contributed by atoms with Gasteiger partial charge in [-0.25, -0.2) is 8.42 Å². The molecule has 1 amide bonds. The van der Waals surface area contributed by atoms with Crippen LogP contribution in [0, 0.1) is 13.8 Å². The van der Waals surface area contributed by atoms with Crippen LogP contribution in [0.4, 0.5) is 5.69 Å². The highest BCUT2D eigenvalue weighted by Crippen LogP contribution is 2.13. The third-order valence-electron chi connectivity index (χ3n) is 3.37. The SMILES string of the molecule is Cc1ccc(CNC(=O)c2cccc(NS(C)(=O)=O)c2)c(C)c1. The summed E-state index contributed by atoms with van der Waals surface area (Å²) in [6.07, 6.45) is 1.07. The Morgan fingerprint density at radius 3 is 2.48 bits per heavy atom. The Bertz CT molecular complexity index is 829. The zero-order valence-corrected chi connectivity index (χ0v) is 14.2. The van der Waals surface area contributed by atoms with Gasteiger partial charge in [-0.05, 0) is 43.2 Å². The summed E-state index contributed by atoms with van der Waals surface area (Å²) in [6, 6.07) is 12.5. The zero-order valence-electron chi connectivity index (χ0n) is 13.4. The van der Waals surface area contributed by atoms with Gasteiger partial charge in [-0.2, -0.15) is 0 Å². The highest BCUT2D eigenvalue weighted by Gasteiger charge is 2.09. The Balaban J connectivity index is 2.07. The minimum Gasteiger partial charge on any atom is -0.348 e. The number of aryl methyl sites for hydroxylation is 2. The first-order valence-electron chi connectivity index (χ1n) is 7.17. The van der Waals surface area contributed by atoms with E-state index in [9.17, 15) is 13.2 Å². The maximum Gasteiger partial charge on any atom is 0.251 e. The van der Waals surface area contributed by atoms with Crippen LogP contribution in [-0.4, -0.2) is 20.6 Å². The predicted molar refractivity (Wildman–Crippen MR) is 92.0 cm³/mol. The molecule has 0 radical (unpaired) electrons. The number of sulfonamides is 1. The number of benzene rings is 2. The molecule has 0 heterocycles. The minimum atomic E-state index is -3.37. The number of amides is 1. The lowest BCUT2D eigenvalue weighted by molar-refractivity contribution is 0.0951. The van der Waals surface area contributed by atoms with Gasteiger partial charge in [-0.15, -0.1) is 0 Å². The van der Waals surface area contributed by atoms with E-state index in [-0.39, 0.29) is 5.91 Å². The molecule has 2 N–H and O–H groups in total. The molecular weight excluding hydrogens is 312 g/mol. The summed E-state index contributed by atoms with van der Waals surface area (Å²) in [6.45, 7) is 4.45. The molecule has 2 aromatic rings. The topological polar surface area (TPSA) is 75.3 Å². The normalized spacial score (nSPS) is 11.1. The van der Waals surface area contributed by atoms with Crippen LogP contribution in [0.3, 0.4) is 0 Å². The molecule has 122 valence electrons. The van der Waals surface area contributed by atoms with Crippen LogP contribution < -0.4 is 10.0 Å². The molecule has 0 unspecified atom stereocenters. The molecule has 2 rings (SSSR count). The Morgan fingerprint density at radius 2 is 1.83 bits per heavy atom. The van der Waals surface area contributed by atoms with E-state index in [0.717, 1.165) is 17.4 Å². The minimum absolute atomic E-state index is 0.248. The molecule has 0 spiro atoms. The number of carbonyl (C=O) groups is 1. The Hall–Kier alpha value is -2.34. The third-order valence-corrected chi connectivity index (χ3v) is 3.97. The first-order valence-corrected chi connectivity index (χ1v) is 9.06. The van der Waals surface area contributed by atoms with E-state index in [1.165, 1.54) is 11.6 Å². The van der Waals surface area contributed by atoms with E-state index < -0.39 is 10.0 Å². The molecule has 0 aliphatic carbocycles. The van der Waals surface area contributed by atoms with Crippen molar-refractivity contribution in [3.8, 4) is 0 Å². The molecule has 6 heteroatoms. The van der Waals surface area contributed by atoms with Gasteiger partial charge in [0.15, 0.2) is 0 Å². The van der Waals surface area contributed by atoms with Crippen LogP contribution in [0.1, 0.15) is 27.0 Å². The van der Waals surface area contributed by atoms with E-state index in [1.54, 1.807) is 18.2 Å². The van der Waals surface area contributed by atoms with Crippen molar-refractivity contribution in [2.45, 2.75) is 20.4 Å². The van der Waals surface area contributed by atoms with Crippen LogP contribution in [0.2, 0.25) is 0 Å². The van der Waals surface area contributed by atoms with Crippen LogP contribution in [-0.2, 0) is 16.6 Å². The van der Waals surface area contributed by atoms with Crippen molar-refractivity contribution in [3.63, 3.8) is 0 Å². The van der Waals surface area contributed by atoms with Gasteiger partial charge >= 0.3 is 0 Å². The summed E-state index contributed by atoms with van der Waals surface area (Å²) in [5.74, 6) is -0.248. The van der Waals surface area contributed by atoms with Gasteiger partial charge in [0.25, 0.3) is 5.91 Å². The second-order valence-electron chi connectivity index (χ2n) is 5.57. The lowest BCUT2D eigenvalue weighted by Gasteiger charge is -2.10. The molecule has 0 aliphatic rings. The standard InChI is InChI=1S/C17H20N2O3S/c1-12-7-8-15(13(2)9-12)11-18-17(20)14-5-4-6-16(10-14)19-23(3,21)22/h4-10,19H,11H2,1-3H3,(H,18,20). The van der Waals surface area contributed by atoms with Crippen LogP contribution in [0.5, 0.6) is 0 Å². The van der Waals surface area contributed by atoms with Crippen LogP contribution in [0.25, 0.3) is 0 Å². The molecule has 23 heavy (non-hydrogen) atoms. The van der Waals surface area contributed by atoms with Gasteiger partial charge in [0.1, 0.15) is 0 Å². The molecule has 0 saturated carbocycles. The first kappa shape index (κ1) is 17.0. The highest BCUT2D eigenvalue weighted by molar-refractivity contribution is 7.92. The summed E-state index contributed by atoms with van der Waals surface area (Å²) in [4.78, 5) is 12.2. The van der Waals surface area contributed by atoms with Gasteiger partial charge in [0.2, 0.25) is 10.0 Å². The van der Waals surface area contributed by atoms with Crippen molar-refractivity contribution >= 4 is 21.6 Å². The summed E-state index contributed by atoms with van der Waals surface area (Å²) in [5, 5.41) is 2.85. The molecule has 5 nitrogen and oxygen atoms in total. The van der Waals surface area contributed by atoms with Gasteiger partial charge < -0.3 is 5.32 Å². The molecule has 0 bridgehead atoms. The molecule has 0 aromatic heterocycles. The van der Waals surface area contributed by atoms with E-state index >= 15 is 0 Å². The van der Waals surface area contributed by atoms with Crippen molar-refractivity contribution in [1.29, 1.82) is 0 Å². The fourth-order valence-electron chi connectivity index (χ4n) is 2.26. The summed E-state index contributed by atoms with van der Waals surface area (Å²) in [5.41, 5.74) is 4.12. The third kappa shape index (κ3) is 5.10. The van der Waals surface area contributed by atoms with Crippen LogP contribution in [0.15, 0.2) is 42.5 Å². The molecule has 2 aromatic carbocycles. The lowest BCUT2D eigenvalue weighted by atomic mass is 10.1. The maximum atomic E-state index is 12.2. The number of rotatable bonds is 5. The number of hydrogen-bond acceptors (Lipinski definition) is 3. The van der Waals surface area contributed by atoms with E-state index in [1.807, 2.05) is 26.0 Å². The van der Waals surface area contributed by atoms with Crippen molar-refractivity contribution in [3.05, 3.63) is 64.7 Å². The average Bonchev–Trinajstić information content (AvgIpc) is 2.44. The van der Waals surface area contributed by atoms with Gasteiger partial charge in [-0.3, -0.25) is 9.52 Å². The van der Waals surface area contributed by atoms with Crippen molar-refractivity contribution in [1.82, 2.24) is 5.32 Å². The zero-order chi connectivity index (χ0) is 17.0. The molecule has 0 aliphatic heterocycles. The number of nitrogens with one attached hydrogen (secondary N) is 2. The first-order chi connectivity index (χ1) is 10.7. The number of carbonyl (C=O) groups excluding carboxylic acids is 1. The molecule has 0 atom stereocenters. The van der Waals surface area contributed by atoms with Crippen molar-refractivity contribution in [2.24, 2.45) is 0 Å². The van der Waals surface area contributed by atoms with Gasteiger partial charge in [0, 0.05) is 17.8 Å². The smallest absolute Gasteiger partial charge is 0.251 e. The van der Waals surface area contributed by atoms with E-state index in [0.29, 0.717) is 17.8 Å². The summed E-state index contributed by atoms with van der Waals surface area (Å²) in [7, 11) is -3.37. The lowest BCUT2D eigenvalue weighted by Crippen LogP contribution is -2.23. The quantitative estimate of drug-likeness (QED) is 0.884. The Kier molecular flexibility index (Phi) is 5.05. The summed E-state index contributed by atoms with van der Waals surface area (Å²) >= 11 is 0. The second kappa shape index (κ2) is 6.83. The monoisotopic (exact) mass is 332 g/mol. The van der Waals surface area contributed by atoms with Gasteiger partial charge in [0.05, 0.1) is 6.26 Å². The largest absolute Gasteiger partial charge is 0.348 e. The van der Waals surface area contributed by atoms with Crippen molar-refractivity contribution < 1.29 is 13.2 Å². The van der Waals surface area contributed by atoms with Gasteiger partial charge in [-0.1, -0.05) is 29.8 Å². The van der Waals surface area contributed by atoms with Crippen molar-refractivity contribution in [2.75, 3.05) is 11.0 Å². The highest BCUT2D eigenvalue weighted by atomic mass is 32.2. The number of anilines is 1. The maximum absolute atomic E-state index is 12.2. The average molecular weight is 332 g/mol. The number of hydrogen-bond donors (Lipinski definition) is 2. The Labute approximate surface area is 136 Å². The predicted octanol–water partition coefficient (Wildman–Crippen LogP) is 2.60. The van der Waals surface area contributed by atoms with E-state index in [2.05, 4.69) is 16.1 Å². The second-order valence-corrected chi connectivity index (χ2v) is 7.32. The molecule has 0 saturated heterocycles. The summed E-state index contributed by atoms with van der Waals surface area (Å²) < 4.78 is 24.8.